The maximum Gasteiger partial charge on any atom is 0.235 e. The lowest BCUT2D eigenvalue weighted by atomic mass is 10.1. The number of anilines is 1. The lowest BCUT2D eigenvalue weighted by molar-refractivity contribution is -0.117. The van der Waals surface area contributed by atoms with Crippen LogP contribution in [0.25, 0.3) is 4.85 Å². The van der Waals surface area contributed by atoms with Gasteiger partial charge in [-0.15, -0.1) is 0 Å². The second-order valence-electron chi connectivity index (χ2n) is 6.72. The molecule has 2 heterocycles. The Morgan fingerprint density at radius 2 is 2.24 bits per heavy atom. The van der Waals surface area contributed by atoms with Crippen LogP contribution in [0.3, 0.4) is 0 Å². The molecule has 3 N–H and O–H groups in total. The Kier molecular flexibility index (Phi) is 6.38. The van der Waals surface area contributed by atoms with Crippen molar-refractivity contribution in [3.63, 3.8) is 0 Å². The molecule has 1 aliphatic heterocycles. The number of aromatic nitrogens is 1. The normalized spacial score (nSPS) is 16.8. The number of nitrogens with two attached hydrogens (primary N) is 1. The first-order valence-electron chi connectivity index (χ1n) is 9.28. The van der Waals surface area contributed by atoms with Crippen LogP contribution in [0.2, 0.25) is 0 Å². The molecule has 29 heavy (non-hydrogen) atoms. The summed E-state index contributed by atoms with van der Waals surface area (Å²) in [6, 6.07) is 11.3. The van der Waals surface area contributed by atoms with Crippen LogP contribution in [0, 0.1) is 17.9 Å². The van der Waals surface area contributed by atoms with Crippen LogP contribution < -0.4 is 10.6 Å². The van der Waals surface area contributed by atoms with Gasteiger partial charge in [-0.1, -0.05) is 49.0 Å². The molecule has 1 aromatic heterocycles. The molecule has 0 spiro atoms. The highest BCUT2D eigenvalue weighted by atomic mass is 32.2. The van der Waals surface area contributed by atoms with Gasteiger partial charge in [-0.05, 0) is 24.0 Å². The molecule has 7 nitrogen and oxygen atoms in total. The molecule has 3 rings (SSSR count). The van der Waals surface area contributed by atoms with Crippen LogP contribution >= 0.6 is 11.8 Å². The molecule has 1 aromatic carbocycles. The highest BCUT2D eigenvalue weighted by molar-refractivity contribution is 8.00. The van der Waals surface area contributed by atoms with Crippen LogP contribution in [0.15, 0.2) is 35.4 Å². The lowest BCUT2D eigenvalue weighted by Crippen LogP contribution is -2.23. The summed E-state index contributed by atoms with van der Waals surface area (Å²) in [4.78, 5) is 22.3. The van der Waals surface area contributed by atoms with Crippen molar-refractivity contribution in [2.75, 3.05) is 18.0 Å². The summed E-state index contributed by atoms with van der Waals surface area (Å²) >= 11 is 1.12. The standard InChI is InChI=1S/C21H21N5O2S/c1-3-15-16(11-22)21(29-18(19(23)28)13-7-5-4-6-8-13)25-20(17(15)24-2)26-10-9-14(27)12-26/h4-8,14,18,27H,3,9-10,12H2,1H3,(H2,23,28)/t14-,18+/m0/s1. The molecular formula is C21H21N5O2S. The number of carbonyl (C=O) groups is 1. The minimum absolute atomic E-state index is 0.300. The van der Waals surface area contributed by atoms with E-state index in [1.54, 1.807) is 12.1 Å². The van der Waals surface area contributed by atoms with Crippen molar-refractivity contribution in [2.45, 2.75) is 36.1 Å². The van der Waals surface area contributed by atoms with Gasteiger partial charge in [-0.25, -0.2) is 9.83 Å². The third-order valence-electron chi connectivity index (χ3n) is 4.85. The van der Waals surface area contributed by atoms with Crippen molar-refractivity contribution < 1.29 is 9.90 Å². The fourth-order valence-corrected chi connectivity index (χ4v) is 4.49. The number of thioether (sulfide) groups is 1. The minimum atomic E-state index is -0.712. The molecule has 1 fully saturated rings. The fraction of sp³-hybridized carbons (Fsp3) is 0.333. The number of hydrogen-bond acceptors (Lipinski definition) is 6. The maximum absolute atomic E-state index is 12.2. The fourth-order valence-electron chi connectivity index (χ4n) is 3.43. The van der Waals surface area contributed by atoms with Gasteiger partial charge in [0.1, 0.15) is 22.2 Å². The number of nitrogens with zero attached hydrogens (tertiary/aromatic N) is 4. The van der Waals surface area contributed by atoms with Gasteiger partial charge in [-0.3, -0.25) is 4.79 Å². The van der Waals surface area contributed by atoms with Gasteiger partial charge in [0.25, 0.3) is 0 Å². The summed E-state index contributed by atoms with van der Waals surface area (Å²) in [5.74, 6) is -0.0801. The molecule has 0 radical (unpaired) electrons. The molecule has 2 aromatic rings. The maximum atomic E-state index is 12.2. The van der Waals surface area contributed by atoms with E-state index < -0.39 is 17.3 Å². The van der Waals surface area contributed by atoms with Crippen molar-refractivity contribution in [1.29, 1.82) is 5.26 Å². The monoisotopic (exact) mass is 407 g/mol. The molecule has 0 saturated carbocycles. The van der Waals surface area contributed by atoms with Crippen LogP contribution in [0.4, 0.5) is 11.5 Å². The van der Waals surface area contributed by atoms with Crippen molar-refractivity contribution >= 4 is 29.2 Å². The van der Waals surface area contributed by atoms with Gasteiger partial charge in [-0.2, -0.15) is 5.26 Å². The summed E-state index contributed by atoms with van der Waals surface area (Å²) < 4.78 is 0. The summed E-state index contributed by atoms with van der Waals surface area (Å²) in [6.45, 7) is 10.5. The highest BCUT2D eigenvalue weighted by Gasteiger charge is 2.29. The SMILES string of the molecule is [C-]#[N+]c1c(N2CC[C@H](O)C2)nc(S[C@@H](C(N)=O)c2ccccc2)c(C#N)c1CC. The third-order valence-corrected chi connectivity index (χ3v) is 6.11. The van der Waals surface area contributed by atoms with Gasteiger partial charge in [0.2, 0.25) is 11.6 Å². The van der Waals surface area contributed by atoms with E-state index in [1.807, 2.05) is 30.0 Å². The molecular weight excluding hydrogens is 386 g/mol. The predicted octanol–water partition coefficient (Wildman–Crippen LogP) is 2.96. The number of benzene rings is 1. The van der Waals surface area contributed by atoms with E-state index >= 15 is 0 Å². The average molecular weight is 407 g/mol. The second kappa shape index (κ2) is 8.95. The highest BCUT2D eigenvalue weighted by Crippen LogP contribution is 2.43. The molecule has 148 valence electrons. The molecule has 1 saturated heterocycles. The minimum Gasteiger partial charge on any atom is -0.391 e. The zero-order valence-corrected chi connectivity index (χ0v) is 16.8. The van der Waals surface area contributed by atoms with Crippen LogP contribution in [-0.2, 0) is 11.2 Å². The zero-order chi connectivity index (χ0) is 21.0. The number of primary amides is 1. The summed E-state index contributed by atoms with van der Waals surface area (Å²) in [5.41, 5.74) is 7.61. The number of pyridine rings is 1. The van der Waals surface area contributed by atoms with Crippen LogP contribution in [-0.4, -0.2) is 35.2 Å². The molecule has 0 unspecified atom stereocenters. The van der Waals surface area contributed by atoms with Gasteiger partial charge < -0.3 is 15.7 Å². The number of aliphatic hydroxyl groups excluding tert-OH is 1. The van der Waals surface area contributed by atoms with Crippen LogP contribution in [0.1, 0.15) is 35.3 Å². The molecule has 0 bridgehead atoms. The predicted molar refractivity (Wildman–Crippen MR) is 112 cm³/mol. The topological polar surface area (TPSA) is 108 Å². The van der Waals surface area contributed by atoms with Crippen molar-refractivity contribution in [3.05, 3.63) is 58.4 Å². The quantitative estimate of drug-likeness (QED) is 0.563. The largest absolute Gasteiger partial charge is 0.391 e. The zero-order valence-electron chi connectivity index (χ0n) is 16.0. The van der Waals surface area contributed by atoms with E-state index in [0.29, 0.717) is 53.6 Å². The Morgan fingerprint density at radius 1 is 1.52 bits per heavy atom. The number of aliphatic hydroxyl groups is 1. The number of rotatable bonds is 6. The Labute approximate surface area is 174 Å². The summed E-state index contributed by atoms with van der Waals surface area (Å²) in [6.07, 6.45) is 0.596. The number of β-amino-alcohol motifs (C(OH)–C–C–N with tert-alkyl or cyclic N) is 1. The number of hydrogen-bond donors (Lipinski definition) is 2. The Bertz CT molecular complexity index is 997. The van der Waals surface area contributed by atoms with E-state index in [9.17, 15) is 15.2 Å². The average Bonchev–Trinajstić information content (AvgIpc) is 3.17. The molecule has 0 aliphatic carbocycles. The van der Waals surface area contributed by atoms with Crippen LogP contribution in [0.5, 0.6) is 0 Å². The molecule has 1 amide bonds. The van der Waals surface area contributed by atoms with E-state index in [4.69, 9.17) is 12.3 Å². The Hall–Kier alpha value is -3.07. The second-order valence-corrected chi connectivity index (χ2v) is 7.81. The summed E-state index contributed by atoms with van der Waals surface area (Å²) in [5, 5.41) is 19.4. The van der Waals surface area contributed by atoms with Crippen molar-refractivity contribution in [1.82, 2.24) is 4.98 Å². The van der Waals surface area contributed by atoms with Crippen molar-refractivity contribution in [2.24, 2.45) is 5.73 Å². The Morgan fingerprint density at radius 3 is 2.76 bits per heavy atom. The van der Waals surface area contributed by atoms with Gasteiger partial charge in [0.05, 0.1) is 18.2 Å². The Balaban J connectivity index is 2.13. The van der Waals surface area contributed by atoms with Gasteiger partial charge in [0, 0.05) is 13.1 Å². The molecule has 1 aliphatic rings. The van der Waals surface area contributed by atoms with E-state index in [1.165, 1.54) is 0 Å². The van der Waals surface area contributed by atoms with Crippen molar-refractivity contribution in [3.8, 4) is 6.07 Å². The van der Waals surface area contributed by atoms with E-state index in [2.05, 4.69) is 15.9 Å². The number of nitriles is 1. The third kappa shape index (κ3) is 4.19. The van der Waals surface area contributed by atoms with E-state index in [-0.39, 0.29) is 0 Å². The summed E-state index contributed by atoms with van der Waals surface area (Å²) in [7, 11) is 0. The smallest absolute Gasteiger partial charge is 0.235 e. The number of amides is 1. The number of carbonyl (C=O) groups excluding carboxylic acids is 1. The lowest BCUT2D eigenvalue weighted by Gasteiger charge is -2.23. The molecule has 8 heteroatoms. The van der Waals surface area contributed by atoms with Gasteiger partial charge >= 0.3 is 0 Å². The molecule has 2 atom stereocenters. The first kappa shape index (κ1) is 20.7. The first-order chi connectivity index (χ1) is 14.0. The van der Waals surface area contributed by atoms with Gasteiger partial charge in [0.15, 0.2) is 0 Å². The first-order valence-corrected chi connectivity index (χ1v) is 10.2. The van der Waals surface area contributed by atoms with E-state index in [0.717, 1.165) is 17.3 Å².